The maximum Gasteiger partial charge on any atom is 0.191 e. The number of thioether (sulfide) groups is 1. The van der Waals surface area contributed by atoms with Crippen molar-refractivity contribution in [1.29, 1.82) is 0 Å². The van der Waals surface area contributed by atoms with Crippen molar-refractivity contribution < 1.29 is 0 Å². The maximum absolute atomic E-state index is 4.26. The Morgan fingerprint density at radius 3 is 2.41 bits per heavy atom. The van der Waals surface area contributed by atoms with E-state index in [2.05, 4.69) is 58.6 Å². The Hall–Kier alpha value is -1.20. The lowest BCUT2D eigenvalue weighted by molar-refractivity contribution is 0.300. The van der Waals surface area contributed by atoms with Gasteiger partial charge in [-0.1, -0.05) is 32.0 Å². The van der Waals surface area contributed by atoms with Gasteiger partial charge in [0.1, 0.15) is 0 Å². The number of hydrogen-bond donors (Lipinski definition) is 2. The molecule has 0 bridgehead atoms. The van der Waals surface area contributed by atoms with Crippen LogP contribution in [-0.4, -0.2) is 56.4 Å². The molecule has 0 fully saturated rings. The smallest absolute Gasteiger partial charge is 0.191 e. The first-order valence-corrected chi connectivity index (χ1v) is 9.13. The molecule has 0 spiro atoms. The lowest BCUT2D eigenvalue weighted by atomic mass is 10.3. The molecule has 4 nitrogen and oxygen atoms in total. The molecule has 0 aliphatic carbocycles. The van der Waals surface area contributed by atoms with Gasteiger partial charge in [-0.2, -0.15) is 0 Å². The standard InChI is InChI=1S/C17H30N4S/c1-4-21(5-2)14-9-12-19-17(18-3)20-13-15-22-16-10-7-6-8-11-16/h6-8,10-11H,4-5,9,12-15H2,1-3H3,(H2,18,19,20). The summed E-state index contributed by atoms with van der Waals surface area (Å²) in [7, 11) is 1.82. The van der Waals surface area contributed by atoms with Gasteiger partial charge in [-0.05, 0) is 38.2 Å². The minimum Gasteiger partial charge on any atom is -0.356 e. The molecular weight excluding hydrogens is 292 g/mol. The molecule has 0 aromatic heterocycles. The van der Waals surface area contributed by atoms with Crippen molar-refractivity contribution in [2.45, 2.75) is 25.2 Å². The van der Waals surface area contributed by atoms with E-state index in [-0.39, 0.29) is 0 Å². The van der Waals surface area contributed by atoms with Crippen LogP contribution in [-0.2, 0) is 0 Å². The molecule has 0 saturated carbocycles. The molecule has 124 valence electrons. The van der Waals surface area contributed by atoms with Crippen LogP contribution in [0.2, 0.25) is 0 Å². The monoisotopic (exact) mass is 322 g/mol. The fraction of sp³-hybridized carbons (Fsp3) is 0.588. The zero-order valence-corrected chi connectivity index (χ0v) is 15.0. The average molecular weight is 323 g/mol. The normalized spacial score (nSPS) is 11.7. The minimum absolute atomic E-state index is 0.896. The number of aliphatic imine (C=N–C) groups is 1. The first kappa shape index (κ1) is 18.8. The molecule has 1 rings (SSSR count). The molecule has 0 saturated heterocycles. The quantitative estimate of drug-likeness (QED) is 0.301. The van der Waals surface area contributed by atoms with Crippen LogP contribution in [0, 0.1) is 0 Å². The van der Waals surface area contributed by atoms with Gasteiger partial charge in [-0.25, -0.2) is 0 Å². The second-order valence-electron chi connectivity index (χ2n) is 4.97. The first-order valence-electron chi connectivity index (χ1n) is 8.14. The second kappa shape index (κ2) is 12.4. The van der Waals surface area contributed by atoms with Gasteiger partial charge >= 0.3 is 0 Å². The molecule has 1 aromatic carbocycles. The van der Waals surface area contributed by atoms with Crippen LogP contribution in [0.1, 0.15) is 20.3 Å². The van der Waals surface area contributed by atoms with Crippen molar-refractivity contribution in [2.24, 2.45) is 4.99 Å². The van der Waals surface area contributed by atoms with E-state index in [0.717, 1.165) is 50.9 Å². The van der Waals surface area contributed by atoms with E-state index >= 15 is 0 Å². The third-order valence-corrected chi connectivity index (χ3v) is 4.48. The molecule has 0 aliphatic rings. The van der Waals surface area contributed by atoms with Crippen molar-refractivity contribution in [3.05, 3.63) is 30.3 Å². The highest BCUT2D eigenvalue weighted by Gasteiger charge is 2.00. The number of hydrogen-bond acceptors (Lipinski definition) is 3. The fourth-order valence-electron chi connectivity index (χ4n) is 2.12. The largest absolute Gasteiger partial charge is 0.356 e. The van der Waals surface area contributed by atoms with Crippen molar-refractivity contribution in [2.75, 3.05) is 45.5 Å². The summed E-state index contributed by atoms with van der Waals surface area (Å²) >= 11 is 1.86. The predicted molar refractivity (Wildman–Crippen MR) is 98.9 cm³/mol. The zero-order valence-electron chi connectivity index (χ0n) is 14.1. The van der Waals surface area contributed by atoms with Crippen molar-refractivity contribution in [3.8, 4) is 0 Å². The summed E-state index contributed by atoms with van der Waals surface area (Å²) < 4.78 is 0. The van der Waals surface area contributed by atoms with E-state index < -0.39 is 0 Å². The zero-order chi connectivity index (χ0) is 16.0. The Morgan fingerprint density at radius 1 is 1.09 bits per heavy atom. The van der Waals surface area contributed by atoms with E-state index in [0.29, 0.717) is 0 Å². The summed E-state index contributed by atoms with van der Waals surface area (Å²) in [6.45, 7) is 9.68. The lowest BCUT2D eigenvalue weighted by Gasteiger charge is -2.18. The number of guanidine groups is 1. The number of rotatable bonds is 10. The first-order chi connectivity index (χ1) is 10.8. The van der Waals surface area contributed by atoms with Crippen LogP contribution in [0.4, 0.5) is 0 Å². The molecule has 0 atom stereocenters. The van der Waals surface area contributed by atoms with Crippen LogP contribution in [0.3, 0.4) is 0 Å². The molecule has 0 heterocycles. The summed E-state index contributed by atoms with van der Waals surface area (Å²) in [5.41, 5.74) is 0. The van der Waals surface area contributed by atoms with Gasteiger partial charge < -0.3 is 15.5 Å². The van der Waals surface area contributed by atoms with E-state index in [1.54, 1.807) is 0 Å². The van der Waals surface area contributed by atoms with E-state index in [9.17, 15) is 0 Å². The third-order valence-electron chi connectivity index (χ3n) is 3.47. The summed E-state index contributed by atoms with van der Waals surface area (Å²) in [6.07, 6.45) is 1.14. The van der Waals surface area contributed by atoms with Crippen LogP contribution in [0.15, 0.2) is 40.2 Å². The second-order valence-corrected chi connectivity index (χ2v) is 6.14. The predicted octanol–water partition coefficient (Wildman–Crippen LogP) is 2.68. The molecular formula is C17H30N4S. The molecule has 2 N–H and O–H groups in total. The van der Waals surface area contributed by atoms with Gasteiger partial charge in [-0.15, -0.1) is 11.8 Å². The summed E-state index contributed by atoms with van der Waals surface area (Å²) in [5, 5.41) is 6.73. The minimum atomic E-state index is 0.896. The highest BCUT2D eigenvalue weighted by atomic mass is 32.2. The van der Waals surface area contributed by atoms with Crippen LogP contribution in [0.5, 0.6) is 0 Å². The van der Waals surface area contributed by atoms with Crippen LogP contribution < -0.4 is 10.6 Å². The molecule has 0 amide bonds. The Kier molecular flexibility index (Phi) is 10.6. The Balaban J connectivity index is 2.10. The van der Waals surface area contributed by atoms with E-state index in [1.165, 1.54) is 4.90 Å². The molecule has 5 heteroatoms. The van der Waals surface area contributed by atoms with Gasteiger partial charge in [0, 0.05) is 30.8 Å². The van der Waals surface area contributed by atoms with E-state index in [4.69, 9.17) is 0 Å². The molecule has 22 heavy (non-hydrogen) atoms. The number of benzene rings is 1. The topological polar surface area (TPSA) is 39.7 Å². The molecule has 1 aromatic rings. The van der Waals surface area contributed by atoms with Gasteiger partial charge in [0.2, 0.25) is 0 Å². The average Bonchev–Trinajstić information content (AvgIpc) is 2.57. The van der Waals surface area contributed by atoms with Crippen molar-refractivity contribution in [3.63, 3.8) is 0 Å². The third kappa shape index (κ3) is 8.29. The molecule has 0 radical (unpaired) electrons. The summed E-state index contributed by atoms with van der Waals surface area (Å²) in [6, 6.07) is 10.5. The molecule has 0 unspecified atom stereocenters. The number of nitrogens with zero attached hydrogens (tertiary/aromatic N) is 2. The summed E-state index contributed by atoms with van der Waals surface area (Å²) in [5.74, 6) is 1.93. The molecule has 0 aliphatic heterocycles. The van der Waals surface area contributed by atoms with Gasteiger partial charge in [0.15, 0.2) is 5.96 Å². The Bertz CT molecular complexity index is 404. The van der Waals surface area contributed by atoms with Gasteiger partial charge in [-0.3, -0.25) is 4.99 Å². The lowest BCUT2D eigenvalue weighted by Crippen LogP contribution is -2.39. The van der Waals surface area contributed by atoms with E-state index in [1.807, 2.05) is 24.9 Å². The van der Waals surface area contributed by atoms with Crippen LogP contribution in [0.25, 0.3) is 0 Å². The maximum atomic E-state index is 4.26. The van der Waals surface area contributed by atoms with Gasteiger partial charge in [0.05, 0.1) is 0 Å². The summed E-state index contributed by atoms with van der Waals surface area (Å²) in [4.78, 5) is 8.01. The Labute approximate surface area is 139 Å². The number of nitrogens with one attached hydrogen (secondary N) is 2. The SMILES string of the molecule is CCN(CC)CCCNC(=NC)NCCSc1ccccc1. The highest BCUT2D eigenvalue weighted by molar-refractivity contribution is 7.99. The van der Waals surface area contributed by atoms with Crippen LogP contribution >= 0.6 is 11.8 Å². The van der Waals surface area contributed by atoms with Crippen molar-refractivity contribution >= 4 is 17.7 Å². The fourth-order valence-corrected chi connectivity index (χ4v) is 2.91. The highest BCUT2D eigenvalue weighted by Crippen LogP contribution is 2.15. The Morgan fingerprint density at radius 2 is 1.77 bits per heavy atom. The van der Waals surface area contributed by atoms with Crippen molar-refractivity contribution in [1.82, 2.24) is 15.5 Å². The van der Waals surface area contributed by atoms with Gasteiger partial charge in [0.25, 0.3) is 0 Å².